The average Bonchev–Trinajstić information content (AvgIpc) is 2.29. The number of aliphatic carboxylic acids is 1. The number of hydrogen-bond donors (Lipinski definition) is 1. The SMILES string of the molecule is Cc1ccc2cccc(OC(C)(C)C(=O)O)c2n1. The summed E-state index contributed by atoms with van der Waals surface area (Å²) in [6, 6.07) is 9.33. The van der Waals surface area contributed by atoms with Crippen LogP contribution in [0.25, 0.3) is 10.9 Å². The van der Waals surface area contributed by atoms with Gasteiger partial charge in [0.1, 0.15) is 11.3 Å². The van der Waals surface area contributed by atoms with Gasteiger partial charge in [0, 0.05) is 11.1 Å². The van der Waals surface area contributed by atoms with Gasteiger partial charge in [-0.05, 0) is 32.9 Å². The number of rotatable bonds is 3. The van der Waals surface area contributed by atoms with E-state index in [1.54, 1.807) is 6.07 Å². The average molecular weight is 245 g/mol. The fraction of sp³-hybridized carbons (Fsp3) is 0.286. The molecule has 0 fully saturated rings. The lowest BCUT2D eigenvalue weighted by atomic mass is 10.1. The summed E-state index contributed by atoms with van der Waals surface area (Å²) in [5.74, 6) is -0.518. The molecule has 2 aromatic rings. The number of hydrogen-bond acceptors (Lipinski definition) is 3. The van der Waals surface area contributed by atoms with Crippen LogP contribution in [0.3, 0.4) is 0 Å². The summed E-state index contributed by atoms with van der Waals surface area (Å²) in [7, 11) is 0. The van der Waals surface area contributed by atoms with E-state index in [1.165, 1.54) is 13.8 Å². The van der Waals surface area contributed by atoms with Crippen molar-refractivity contribution in [3.05, 3.63) is 36.0 Å². The van der Waals surface area contributed by atoms with Crippen LogP contribution in [0.4, 0.5) is 0 Å². The Kier molecular flexibility index (Phi) is 2.95. The summed E-state index contributed by atoms with van der Waals surface area (Å²) >= 11 is 0. The monoisotopic (exact) mass is 245 g/mol. The molecule has 0 saturated heterocycles. The number of aryl methyl sites for hydroxylation is 1. The molecule has 2 rings (SSSR count). The molecule has 0 bridgehead atoms. The van der Waals surface area contributed by atoms with E-state index in [4.69, 9.17) is 9.84 Å². The number of carbonyl (C=O) groups is 1. The van der Waals surface area contributed by atoms with Gasteiger partial charge >= 0.3 is 5.97 Å². The van der Waals surface area contributed by atoms with Gasteiger partial charge in [0.05, 0.1) is 0 Å². The van der Waals surface area contributed by atoms with Crippen molar-refractivity contribution in [3.63, 3.8) is 0 Å². The first-order chi connectivity index (χ1) is 8.40. The van der Waals surface area contributed by atoms with Crippen LogP contribution in [-0.4, -0.2) is 21.7 Å². The lowest BCUT2D eigenvalue weighted by Gasteiger charge is -2.22. The first-order valence-corrected chi connectivity index (χ1v) is 5.69. The Hall–Kier alpha value is -2.10. The highest BCUT2D eigenvalue weighted by molar-refractivity contribution is 5.85. The lowest BCUT2D eigenvalue weighted by molar-refractivity contribution is -0.152. The van der Waals surface area contributed by atoms with Crippen molar-refractivity contribution in [1.29, 1.82) is 0 Å². The van der Waals surface area contributed by atoms with E-state index in [9.17, 15) is 4.79 Å². The van der Waals surface area contributed by atoms with Crippen molar-refractivity contribution in [2.75, 3.05) is 0 Å². The molecule has 18 heavy (non-hydrogen) atoms. The predicted octanol–water partition coefficient (Wildman–Crippen LogP) is 2.79. The molecule has 1 N–H and O–H groups in total. The molecule has 4 nitrogen and oxygen atoms in total. The topological polar surface area (TPSA) is 59.4 Å². The Labute approximate surface area is 105 Å². The second-order valence-corrected chi connectivity index (χ2v) is 4.70. The summed E-state index contributed by atoms with van der Waals surface area (Å²) in [6.07, 6.45) is 0. The maximum Gasteiger partial charge on any atom is 0.347 e. The molecule has 0 saturated carbocycles. The van der Waals surface area contributed by atoms with Crippen molar-refractivity contribution in [1.82, 2.24) is 4.98 Å². The zero-order valence-electron chi connectivity index (χ0n) is 10.6. The van der Waals surface area contributed by atoms with E-state index < -0.39 is 11.6 Å². The fourth-order valence-electron chi connectivity index (χ4n) is 1.62. The number of benzene rings is 1. The van der Waals surface area contributed by atoms with Crippen molar-refractivity contribution in [3.8, 4) is 5.75 Å². The van der Waals surface area contributed by atoms with E-state index in [2.05, 4.69) is 4.98 Å². The summed E-state index contributed by atoms with van der Waals surface area (Å²) in [4.78, 5) is 15.5. The molecule has 1 aromatic heterocycles. The van der Waals surface area contributed by atoms with Gasteiger partial charge in [-0.1, -0.05) is 18.2 Å². The molecule has 4 heteroatoms. The minimum Gasteiger partial charge on any atom is -0.478 e. The normalized spacial score (nSPS) is 11.5. The highest BCUT2D eigenvalue weighted by Gasteiger charge is 2.30. The molecule has 94 valence electrons. The van der Waals surface area contributed by atoms with Gasteiger partial charge in [-0.2, -0.15) is 0 Å². The highest BCUT2D eigenvalue weighted by atomic mass is 16.5. The first-order valence-electron chi connectivity index (χ1n) is 5.69. The van der Waals surface area contributed by atoms with Crippen molar-refractivity contribution in [2.45, 2.75) is 26.4 Å². The zero-order chi connectivity index (χ0) is 13.3. The summed E-state index contributed by atoms with van der Waals surface area (Å²) in [5.41, 5.74) is 0.276. The number of aromatic nitrogens is 1. The molecule has 0 aliphatic carbocycles. The van der Waals surface area contributed by atoms with Gasteiger partial charge in [0.2, 0.25) is 0 Å². The molecule has 1 heterocycles. The van der Waals surface area contributed by atoms with Gasteiger partial charge in [-0.3, -0.25) is 0 Å². The van der Waals surface area contributed by atoms with Gasteiger partial charge in [-0.25, -0.2) is 9.78 Å². The maximum atomic E-state index is 11.1. The maximum absolute atomic E-state index is 11.1. The van der Waals surface area contributed by atoms with E-state index in [0.29, 0.717) is 11.3 Å². The Bertz CT molecular complexity index is 605. The van der Waals surface area contributed by atoms with Crippen LogP contribution in [0.15, 0.2) is 30.3 Å². The van der Waals surface area contributed by atoms with Gasteiger partial charge < -0.3 is 9.84 Å². The largest absolute Gasteiger partial charge is 0.478 e. The minimum absolute atomic E-state index is 0.489. The summed E-state index contributed by atoms with van der Waals surface area (Å²) in [5, 5.41) is 10.0. The molecule has 0 amide bonds. The van der Waals surface area contributed by atoms with Crippen LogP contribution in [0.1, 0.15) is 19.5 Å². The van der Waals surface area contributed by atoms with Crippen molar-refractivity contribution >= 4 is 16.9 Å². The number of nitrogens with zero attached hydrogens (tertiary/aromatic N) is 1. The van der Waals surface area contributed by atoms with E-state index in [1.807, 2.05) is 31.2 Å². The molecule has 0 aliphatic heterocycles. The smallest absolute Gasteiger partial charge is 0.347 e. The number of pyridine rings is 1. The van der Waals surface area contributed by atoms with Crippen LogP contribution in [0, 0.1) is 6.92 Å². The second-order valence-electron chi connectivity index (χ2n) is 4.70. The third-order valence-corrected chi connectivity index (χ3v) is 2.70. The number of ether oxygens (including phenoxy) is 1. The Morgan fingerprint density at radius 3 is 2.67 bits per heavy atom. The van der Waals surface area contributed by atoms with Crippen LogP contribution >= 0.6 is 0 Å². The minimum atomic E-state index is -1.28. The molecular formula is C14H15NO3. The van der Waals surface area contributed by atoms with Crippen LogP contribution in [0.5, 0.6) is 5.75 Å². The van der Waals surface area contributed by atoms with Gasteiger partial charge in [-0.15, -0.1) is 0 Å². The lowest BCUT2D eigenvalue weighted by Crippen LogP contribution is -2.37. The molecule has 0 aliphatic rings. The number of para-hydroxylation sites is 1. The first kappa shape index (κ1) is 12.4. The standard InChI is InChI=1S/C14H15NO3/c1-9-7-8-10-5-4-6-11(12(10)15-9)18-14(2,3)13(16)17/h4-8H,1-3H3,(H,16,17). The highest BCUT2D eigenvalue weighted by Crippen LogP contribution is 2.27. The third-order valence-electron chi connectivity index (χ3n) is 2.70. The Balaban J connectivity index is 2.51. The number of fused-ring (bicyclic) bond motifs is 1. The predicted molar refractivity (Wildman–Crippen MR) is 68.8 cm³/mol. The third kappa shape index (κ3) is 2.27. The van der Waals surface area contributed by atoms with Crippen LogP contribution in [-0.2, 0) is 4.79 Å². The van der Waals surface area contributed by atoms with Gasteiger partial charge in [0.25, 0.3) is 0 Å². The number of carboxylic acid groups (broad SMARTS) is 1. The van der Waals surface area contributed by atoms with Gasteiger partial charge in [0.15, 0.2) is 5.60 Å². The molecule has 0 atom stereocenters. The molecule has 0 unspecified atom stereocenters. The molecule has 0 spiro atoms. The van der Waals surface area contributed by atoms with E-state index in [-0.39, 0.29) is 0 Å². The number of carboxylic acids is 1. The van der Waals surface area contributed by atoms with Crippen molar-refractivity contribution in [2.24, 2.45) is 0 Å². The molecule has 1 aromatic carbocycles. The Morgan fingerprint density at radius 1 is 1.28 bits per heavy atom. The zero-order valence-corrected chi connectivity index (χ0v) is 10.6. The van der Waals surface area contributed by atoms with Crippen LogP contribution in [0.2, 0.25) is 0 Å². The summed E-state index contributed by atoms with van der Waals surface area (Å²) in [6.45, 7) is 4.92. The van der Waals surface area contributed by atoms with E-state index in [0.717, 1.165) is 11.1 Å². The van der Waals surface area contributed by atoms with Crippen molar-refractivity contribution < 1.29 is 14.6 Å². The quantitative estimate of drug-likeness (QED) is 0.903. The molecular weight excluding hydrogens is 230 g/mol. The Morgan fingerprint density at radius 2 is 2.00 bits per heavy atom. The summed E-state index contributed by atoms with van der Waals surface area (Å²) < 4.78 is 5.57. The molecule has 0 radical (unpaired) electrons. The fourth-order valence-corrected chi connectivity index (χ4v) is 1.62. The second kappa shape index (κ2) is 4.29. The van der Waals surface area contributed by atoms with Crippen LogP contribution < -0.4 is 4.74 Å². The van der Waals surface area contributed by atoms with E-state index >= 15 is 0 Å².